The lowest BCUT2D eigenvalue weighted by Crippen LogP contribution is -2.18. The van der Waals surface area contributed by atoms with Gasteiger partial charge in [-0.3, -0.25) is 0 Å². The predicted octanol–water partition coefficient (Wildman–Crippen LogP) is -0.152. The van der Waals surface area contributed by atoms with Gasteiger partial charge in [-0.25, -0.2) is 5.26 Å². The molecule has 0 aromatic carbocycles. The molecule has 0 aromatic heterocycles. The molecule has 0 unspecified atom stereocenters. The lowest BCUT2D eigenvalue weighted by molar-refractivity contribution is 0.222. The van der Waals surface area contributed by atoms with E-state index in [0.29, 0.717) is 6.73 Å². The first-order valence-electron chi connectivity index (χ1n) is 2.20. The molecular formula is C4H4BN2O. The van der Waals surface area contributed by atoms with Gasteiger partial charge >= 0.3 is 7.41 Å². The molecule has 0 atom stereocenters. The molecule has 4 heteroatoms. The summed E-state index contributed by atoms with van der Waals surface area (Å²) in [6, 6.07) is 0. The van der Waals surface area contributed by atoms with E-state index in [1.807, 2.05) is 5.97 Å². The highest BCUT2D eigenvalue weighted by Gasteiger charge is 2.03. The number of rotatable bonds is 1. The maximum absolute atomic E-state index is 8.09. The molecule has 1 heterocycles. The van der Waals surface area contributed by atoms with Gasteiger partial charge in [-0.1, -0.05) is 0 Å². The van der Waals surface area contributed by atoms with Crippen LogP contribution >= 0.6 is 0 Å². The van der Waals surface area contributed by atoms with Gasteiger partial charge in [0.15, 0.2) is 0 Å². The average Bonchev–Trinajstić information content (AvgIpc) is 2.19. The fraction of sp³-hybridized carbons (Fsp3) is 0.250. The third kappa shape index (κ3) is 0.939. The number of ether oxygens (including phenoxy) is 1. The van der Waals surface area contributed by atoms with Crippen LogP contribution in [0.25, 0.3) is 0 Å². The second-order valence-electron chi connectivity index (χ2n) is 1.35. The summed E-state index contributed by atoms with van der Waals surface area (Å²) in [6.45, 7) is 0.466. The topological polar surface area (TPSA) is 36.3 Å². The lowest BCUT2D eigenvalue weighted by atomic mass is 9.97. The number of nitrogens with zero attached hydrogens (tertiary/aromatic N) is 2. The van der Waals surface area contributed by atoms with Crippen molar-refractivity contribution in [1.29, 1.82) is 5.26 Å². The molecule has 0 saturated carbocycles. The van der Waals surface area contributed by atoms with Crippen LogP contribution in [0.4, 0.5) is 0 Å². The SMILES string of the molecule is N#C[B]N1C=COC1. The molecule has 1 aliphatic rings. The summed E-state index contributed by atoms with van der Waals surface area (Å²) < 4.78 is 4.77. The normalized spacial score (nSPS) is 15.1. The molecule has 8 heavy (non-hydrogen) atoms. The third-order valence-corrected chi connectivity index (χ3v) is 0.796. The number of nitriles is 1. The molecule has 0 fully saturated rings. The van der Waals surface area contributed by atoms with Crippen molar-refractivity contribution in [3.8, 4) is 5.97 Å². The van der Waals surface area contributed by atoms with Crippen LogP contribution in [0.3, 0.4) is 0 Å². The zero-order valence-electron chi connectivity index (χ0n) is 4.24. The Labute approximate surface area is 48.4 Å². The van der Waals surface area contributed by atoms with E-state index >= 15 is 0 Å². The van der Waals surface area contributed by atoms with Gasteiger partial charge in [-0.05, 0) is 0 Å². The predicted molar refractivity (Wildman–Crippen MR) is 28.3 cm³/mol. The monoisotopic (exact) mass is 107 g/mol. The Hall–Kier alpha value is -1.11. The summed E-state index contributed by atoms with van der Waals surface area (Å²) >= 11 is 0. The third-order valence-electron chi connectivity index (χ3n) is 0.796. The van der Waals surface area contributed by atoms with Crippen molar-refractivity contribution in [3.05, 3.63) is 12.5 Å². The standard InChI is InChI=1S/C4H4BN2O/c6-3-5-7-1-2-8-4-7/h1-2H,4H2. The Bertz CT molecular complexity index is 139. The molecular weight excluding hydrogens is 103 g/mol. The van der Waals surface area contributed by atoms with Crippen molar-refractivity contribution >= 4 is 7.41 Å². The van der Waals surface area contributed by atoms with Crippen LogP contribution in [0.2, 0.25) is 0 Å². The second kappa shape index (κ2) is 2.27. The minimum absolute atomic E-state index is 0.466. The van der Waals surface area contributed by atoms with Crippen LogP contribution < -0.4 is 0 Å². The van der Waals surface area contributed by atoms with E-state index in [1.165, 1.54) is 7.41 Å². The molecule has 0 bridgehead atoms. The van der Waals surface area contributed by atoms with E-state index in [-0.39, 0.29) is 0 Å². The largest absolute Gasteiger partial charge is 0.480 e. The van der Waals surface area contributed by atoms with E-state index in [4.69, 9.17) is 10.00 Å². The molecule has 1 rings (SSSR count). The zero-order valence-corrected chi connectivity index (χ0v) is 4.24. The zero-order chi connectivity index (χ0) is 5.82. The molecule has 39 valence electrons. The Morgan fingerprint density at radius 1 is 1.88 bits per heavy atom. The molecule has 0 aromatic rings. The Morgan fingerprint density at radius 3 is 3.25 bits per heavy atom. The van der Waals surface area contributed by atoms with Crippen molar-refractivity contribution in [2.24, 2.45) is 0 Å². The Balaban J connectivity index is 2.28. The van der Waals surface area contributed by atoms with E-state index < -0.39 is 0 Å². The summed E-state index contributed by atoms with van der Waals surface area (Å²) in [4.78, 5) is 1.65. The molecule has 0 N–H and O–H groups in total. The molecule has 0 spiro atoms. The van der Waals surface area contributed by atoms with Crippen LogP contribution in [-0.2, 0) is 4.74 Å². The van der Waals surface area contributed by atoms with E-state index in [0.717, 1.165) is 0 Å². The average molecular weight is 107 g/mol. The van der Waals surface area contributed by atoms with Crippen molar-refractivity contribution in [2.75, 3.05) is 6.73 Å². The Kier molecular flexibility index (Phi) is 1.43. The maximum atomic E-state index is 8.09. The van der Waals surface area contributed by atoms with Gasteiger partial charge in [0.2, 0.25) is 0 Å². The first kappa shape index (κ1) is 5.04. The van der Waals surface area contributed by atoms with E-state index in [2.05, 4.69) is 0 Å². The fourth-order valence-electron chi connectivity index (χ4n) is 0.448. The van der Waals surface area contributed by atoms with Gasteiger partial charge < -0.3 is 9.55 Å². The summed E-state index contributed by atoms with van der Waals surface area (Å²) in [5, 5.41) is 8.09. The fourth-order valence-corrected chi connectivity index (χ4v) is 0.448. The Morgan fingerprint density at radius 2 is 2.75 bits per heavy atom. The molecule has 0 aliphatic carbocycles. The van der Waals surface area contributed by atoms with Gasteiger partial charge in [0, 0.05) is 12.2 Å². The van der Waals surface area contributed by atoms with Crippen molar-refractivity contribution in [3.63, 3.8) is 0 Å². The minimum Gasteiger partial charge on any atom is -0.480 e. The van der Waals surface area contributed by atoms with E-state index in [9.17, 15) is 0 Å². The smallest absolute Gasteiger partial charge is 0.389 e. The van der Waals surface area contributed by atoms with Gasteiger partial charge in [-0.15, -0.1) is 0 Å². The minimum atomic E-state index is 0.466. The van der Waals surface area contributed by atoms with E-state index in [1.54, 1.807) is 17.3 Å². The van der Waals surface area contributed by atoms with Crippen LogP contribution in [0, 0.1) is 11.2 Å². The highest BCUT2D eigenvalue weighted by Crippen LogP contribution is 1.96. The highest BCUT2D eigenvalue weighted by molar-refractivity contribution is 6.42. The summed E-state index contributed by atoms with van der Waals surface area (Å²) in [5.74, 6) is 1.88. The molecule has 1 radical (unpaired) electrons. The molecule has 3 nitrogen and oxygen atoms in total. The first-order chi connectivity index (χ1) is 3.93. The van der Waals surface area contributed by atoms with Gasteiger partial charge in [-0.2, -0.15) is 0 Å². The summed E-state index contributed by atoms with van der Waals surface area (Å²) in [7, 11) is 1.39. The quantitative estimate of drug-likeness (QED) is 0.437. The second-order valence-corrected chi connectivity index (χ2v) is 1.35. The van der Waals surface area contributed by atoms with Gasteiger partial charge in [0.05, 0.1) is 0 Å². The maximum Gasteiger partial charge on any atom is 0.389 e. The summed E-state index contributed by atoms with van der Waals surface area (Å²) in [6.07, 6.45) is 3.25. The van der Waals surface area contributed by atoms with Gasteiger partial charge in [0.1, 0.15) is 13.0 Å². The molecule has 1 aliphatic heterocycles. The van der Waals surface area contributed by atoms with Crippen molar-refractivity contribution < 1.29 is 4.74 Å². The van der Waals surface area contributed by atoms with Crippen molar-refractivity contribution in [2.45, 2.75) is 0 Å². The van der Waals surface area contributed by atoms with Crippen LogP contribution in [0.15, 0.2) is 12.5 Å². The summed E-state index contributed by atoms with van der Waals surface area (Å²) in [5.41, 5.74) is 0. The van der Waals surface area contributed by atoms with Gasteiger partial charge in [0.25, 0.3) is 0 Å². The lowest BCUT2D eigenvalue weighted by Gasteiger charge is -2.04. The van der Waals surface area contributed by atoms with Crippen LogP contribution in [0.1, 0.15) is 0 Å². The number of hydrogen-bond donors (Lipinski definition) is 0. The van der Waals surface area contributed by atoms with Crippen LogP contribution in [-0.4, -0.2) is 19.0 Å². The highest BCUT2D eigenvalue weighted by atomic mass is 16.5. The molecule has 0 saturated heterocycles. The first-order valence-corrected chi connectivity index (χ1v) is 2.20. The molecule has 0 amide bonds. The number of hydrogen-bond acceptors (Lipinski definition) is 3. The van der Waals surface area contributed by atoms with Crippen molar-refractivity contribution in [1.82, 2.24) is 4.81 Å². The van der Waals surface area contributed by atoms with Crippen LogP contribution in [0.5, 0.6) is 0 Å².